The number of hydrogen-bond acceptors (Lipinski definition) is 3. The van der Waals surface area contributed by atoms with Gasteiger partial charge >= 0.3 is 5.97 Å². The molecule has 1 fully saturated rings. The van der Waals surface area contributed by atoms with Gasteiger partial charge in [-0.05, 0) is 95.7 Å². The van der Waals surface area contributed by atoms with Crippen LogP contribution in [0.2, 0.25) is 0 Å². The van der Waals surface area contributed by atoms with Gasteiger partial charge in [0.15, 0.2) is 0 Å². The van der Waals surface area contributed by atoms with E-state index < -0.39 is 5.97 Å². The summed E-state index contributed by atoms with van der Waals surface area (Å²) in [7, 11) is 1.72. The fraction of sp³-hybridized carbons (Fsp3) is 0.464. The van der Waals surface area contributed by atoms with Crippen LogP contribution in [-0.2, 0) is 16.0 Å². The molecule has 4 atom stereocenters. The molecule has 2 aromatic rings. The Kier molecular flexibility index (Phi) is 5.78. The van der Waals surface area contributed by atoms with E-state index in [1.807, 2.05) is 6.07 Å². The average Bonchev–Trinajstić information content (AvgIpc) is 3.18. The Hall–Kier alpha value is -3.02. The van der Waals surface area contributed by atoms with Crippen molar-refractivity contribution >= 4 is 23.1 Å². The monoisotopic (exact) mass is 462 g/mol. The molecule has 5 rings (SSSR count). The van der Waals surface area contributed by atoms with Crippen LogP contribution in [0.5, 0.6) is 0 Å². The van der Waals surface area contributed by atoms with Gasteiger partial charge in [0.1, 0.15) is 5.82 Å². The molecule has 1 saturated carbocycles. The van der Waals surface area contributed by atoms with E-state index in [-0.39, 0.29) is 30.0 Å². The van der Waals surface area contributed by atoms with Crippen molar-refractivity contribution < 1.29 is 19.1 Å². The average molecular weight is 463 g/mol. The van der Waals surface area contributed by atoms with Gasteiger partial charge in [-0.2, -0.15) is 0 Å². The molecule has 1 aromatic heterocycles. The summed E-state index contributed by atoms with van der Waals surface area (Å²) in [4.78, 5) is 28.9. The van der Waals surface area contributed by atoms with Gasteiger partial charge in [-0.3, -0.25) is 14.6 Å². The maximum Gasteiger partial charge on any atom is 0.303 e. The van der Waals surface area contributed by atoms with Crippen molar-refractivity contribution in [3.05, 3.63) is 65.2 Å². The molecule has 1 heterocycles. The third-order valence-corrected chi connectivity index (χ3v) is 8.62. The standard InChI is InChI=1S/C28H31FN2O3/c1-28-12-11-22-21-6-4-20(31(2)26(32)9-10-27(33)34)14-17(21)3-5-23(22)25(28)8-7-24(28)18-13-19(29)16-30-15-18/h4,6-7,13-16,22-23,25H,3,5,8-12H2,1-2H3,(H,33,34)/t22?,23?,25?,28-/m1/s1. The SMILES string of the molecule is CN(C(=O)CCC(=O)O)c1ccc2c(c1)CCC1C2CC[C@]2(C)C(c3cncc(F)c3)=CCC12. The highest BCUT2D eigenvalue weighted by Crippen LogP contribution is 2.63. The fourth-order valence-corrected chi connectivity index (χ4v) is 6.88. The van der Waals surface area contributed by atoms with Crippen LogP contribution in [0.3, 0.4) is 0 Å². The number of fused-ring (bicyclic) bond motifs is 5. The lowest BCUT2D eigenvalue weighted by atomic mass is 9.54. The van der Waals surface area contributed by atoms with Gasteiger partial charge in [0.05, 0.1) is 12.6 Å². The number of halogens is 1. The van der Waals surface area contributed by atoms with Crippen LogP contribution in [0.1, 0.15) is 68.1 Å². The van der Waals surface area contributed by atoms with E-state index in [4.69, 9.17) is 5.11 Å². The number of anilines is 1. The molecule has 178 valence electrons. The molecule has 5 nitrogen and oxygen atoms in total. The Balaban J connectivity index is 1.36. The predicted molar refractivity (Wildman–Crippen MR) is 129 cm³/mol. The molecule has 0 radical (unpaired) electrons. The number of rotatable bonds is 5. The number of carboxylic acid groups (broad SMARTS) is 1. The highest BCUT2D eigenvalue weighted by Gasteiger charge is 2.52. The first-order valence-electron chi connectivity index (χ1n) is 12.2. The number of benzene rings is 1. The van der Waals surface area contributed by atoms with Gasteiger partial charge in [-0.25, -0.2) is 4.39 Å². The van der Waals surface area contributed by atoms with Crippen molar-refractivity contribution in [1.82, 2.24) is 4.98 Å². The van der Waals surface area contributed by atoms with Crippen molar-refractivity contribution in [3.63, 3.8) is 0 Å². The van der Waals surface area contributed by atoms with Gasteiger partial charge < -0.3 is 10.0 Å². The topological polar surface area (TPSA) is 70.5 Å². The third-order valence-electron chi connectivity index (χ3n) is 8.62. The second kappa shape index (κ2) is 8.64. The number of amides is 1. The summed E-state index contributed by atoms with van der Waals surface area (Å²) >= 11 is 0. The van der Waals surface area contributed by atoms with Crippen LogP contribution in [-0.4, -0.2) is 29.0 Å². The molecule has 0 bridgehead atoms. The molecule has 1 N–H and O–H groups in total. The number of hydrogen-bond donors (Lipinski definition) is 1. The maximum atomic E-state index is 13.9. The molecule has 3 unspecified atom stereocenters. The summed E-state index contributed by atoms with van der Waals surface area (Å²) in [5.41, 5.74) is 5.75. The van der Waals surface area contributed by atoms with Crippen molar-refractivity contribution in [2.75, 3.05) is 11.9 Å². The second-order valence-corrected chi connectivity index (χ2v) is 10.3. The lowest BCUT2D eigenvalue weighted by Gasteiger charge is -2.50. The van der Waals surface area contributed by atoms with Gasteiger partial charge in [0, 0.05) is 25.4 Å². The quantitative estimate of drug-likeness (QED) is 0.628. The molecule has 3 aliphatic carbocycles. The normalized spacial score (nSPS) is 27.3. The number of carbonyl (C=O) groups excluding carboxylic acids is 1. The minimum atomic E-state index is -0.958. The highest BCUT2D eigenvalue weighted by molar-refractivity contribution is 5.94. The van der Waals surface area contributed by atoms with Gasteiger partial charge in [0.2, 0.25) is 5.91 Å². The smallest absolute Gasteiger partial charge is 0.303 e. The summed E-state index contributed by atoms with van der Waals surface area (Å²) in [5, 5.41) is 8.86. The van der Waals surface area contributed by atoms with Crippen LogP contribution in [0, 0.1) is 23.1 Å². The largest absolute Gasteiger partial charge is 0.481 e. The minimum absolute atomic E-state index is 0.00401. The Morgan fingerprint density at radius 1 is 1.21 bits per heavy atom. The number of nitrogens with zero attached hydrogens (tertiary/aromatic N) is 2. The molecule has 0 saturated heterocycles. The number of pyridine rings is 1. The van der Waals surface area contributed by atoms with Gasteiger partial charge in [0.25, 0.3) is 0 Å². The molecule has 0 aliphatic heterocycles. The first-order valence-corrected chi connectivity index (χ1v) is 12.2. The van der Waals surface area contributed by atoms with Crippen LogP contribution in [0.15, 0.2) is 42.7 Å². The second-order valence-electron chi connectivity index (χ2n) is 10.3. The zero-order valence-corrected chi connectivity index (χ0v) is 19.8. The van der Waals surface area contributed by atoms with Crippen LogP contribution in [0.4, 0.5) is 10.1 Å². The van der Waals surface area contributed by atoms with Crippen molar-refractivity contribution in [3.8, 4) is 0 Å². The zero-order valence-electron chi connectivity index (χ0n) is 19.8. The van der Waals surface area contributed by atoms with E-state index in [0.717, 1.165) is 43.4 Å². The zero-order chi connectivity index (χ0) is 24.0. The van der Waals surface area contributed by atoms with E-state index in [1.165, 1.54) is 22.9 Å². The molecular weight excluding hydrogens is 431 g/mol. The van der Waals surface area contributed by atoms with Crippen LogP contribution in [0.25, 0.3) is 5.57 Å². The Bertz CT molecular complexity index is 1180. The van der Waals surface area contributed by atoms with Gasteiger partial charge in [-0.15, -0.1) is 0 Å². The molecule has 6 heteroatoms. The predicted octanol–water partition coefficient (Wildman–Crippen LogP) is 5.60. The number of aromatic nitrogens is 1. The first kappa shape index (κ1) is 22.8. The van der Waals surface area contributed by atoms with E-state index in [1.54, 1.807) is 24.2 Å². The van der Waals surface area contributed by atoms with Crippen LogP contribution >= 0.6 is 0 Å². The van der Waals surface area contributed by atoms with Crippen molar-refractivity contribution in [2.24, 2.45) is 17.3 Å². The molecule has 0 spiro atoms. The summed E-state index contributed by atoms with van der Waals surface area (Å²) in [5.74, 6) is 0.205. The Morgan fingerprint density at radius 3 is 2.79 bits per heavy atom. The summed E-state index contributed by atoms with van der Waals surface area (Å²) in [6.45, 7) is 2.36. The van der Waals surface area contributed by atoms with Crippen LogP contribution < -0.4 is 4.90 Å². The molecule has 1 aromatic carbocycles. The van der Waals surface area contributed by atoms with Crippen molar-refractivity contribution in [1.29, 1.82) is 0 Å². The maximum absolute atomic E-state index is 13.9. The summed E-state index contributed by atoms with van der Waals surface area (Å²) in [6, 6.07) is 7.93. The lowest BCUT2D eigenvalue weighted by Crippen LogP contribution is -2.41. The minimum Gasteiger partial charge on any atom is -0.481 e. The van der Waals surface area contributed by atoms with Gasteiger partial charge in [-0.1, -0.05) is 19.1 Å². The number of aryl methyl sites for hydroxylation is 1. The Labute approximate surface area is 199 Å². The summed E-state index contributed by atoms with van der Waals surface area (Å²) in [6.07, 6.45) is 10.5. The van der Waals surface area contributed by atoms with E-state index in [0.29, 0.717) is 17.8 Å². The lowest BCUT2D eigenvalue weighted by molar-refractivity contribution is -0.138. The van der Waals surface area contributed by atoms with E-state index >= 15 is 0 Å². The number of allylic oxidation sites excluding steroid dienone is 2. The molecule has 3 aliphatic rings. The molecular formula is C28H31FN2O3. The fourth-order valence-electron chi connectivity index (χ4n) is 6.88. The van der Waals surface area contributed by atoms with E-state index in [2.05, 4.69) is 30.1 Å². The third kappa shape index (κ3) is 3.83. The molecule has 1 amide bonds. The van der Waals surface area contributed by atoms with E-state index in [9.17, 15) is 14.0 Å². The first-order chi connectivity index (χ1) is 16.3. The Morgan fingerprint density at radius 2 is 2.03 bits per heavy atom. The van der Waals surface area contributed by atoms with Crippen molar-refractivity contribution in [2.45, 2.75) is 57.8 Å². The number of carbonyl (C=O) groups is 2. The number of carboxylic acids is 1. The molecule has 34 heavy (non-hydrogen) atoms. The summed E-state index contributed by atoms with van der Waals surface area (Å²) < 4.78 is 13.9. The highest BCUT2D eigenvalue weighted by atomic mass is 19.1. The number of aliphatic carboxylic acids is 1.